The maximum atomic E-state index is 11.6. The Balaban J connectivity index is 2.40. The van der Waals surface area contributed by atoms with Crippen LogP contribution in [0.5, 0.6) is 0 Å². The molecule has 20 heavy (non-hydrogen) atoms. The molecule has 0 atom stereocenters. The summed E-state index contributed by atoms with van der Waals surface area (Å²) in [6.07, 6.45) is 1.56. The summed E-state index contributed by atoms with van der Waals surface area (Å²) in [5, 5.41) is 16.5. The number of aliphatic carboxylic acids is 1. The highest BCUT2D eigenvalue weighted by Crippen LogP contribution is 2.03. The number of carbonyl (C=O) groups is 3. The Bertz CT molecular complexity index is 535. The second kappa shape index (κ2) is 7.02. The second-order valence-electron chi connectivity index (χ2n) is 3.85. The fraction of sp³-hybridized carbons (Fsp3) is 0.364. The van der Waals surface area contributed by atoms with Gasteiger partial charge in [-0.1, -0.05) is 5.16 Å². The Morgan fingerprint density at radius 1 is 1.30 bits per heavy atom. The summed E-state index contributed by atoms with van der Waals surface area (Å²) in [4.78, 5) is 37.4. The number of carboxylic acids is 1. The predicted molar refractivity (Wildman–Crippen MR) is 65.6 cm³/mol. The van der Waals surface area contributed by atoms with Crippen LogP contribution in [0.25, 0.3) is 0 Å². The maximum Gasteiger partial charge on any atom is 0.331 e. The number of amides is 3. The van der Waals surface area contributed by atoms with E-state index in [1.54, 1.807) is 0 Å². The van der Waals surface area contributed by atoms with Gasteiger partial charge in [-0.2, -0.15) is 4.98 Å². The first-order valence-corrected chi connectivity index (χ1v) is 5.67. The van der Waals surface area contributed by atoms with E-state index >= 15 is 0 Å². The largest absolute Gasteiger partial charge is 0.478 e. The van der Waals surface area contributed by atoms with Crippen molar-refractivity contribution in [3.8, 4) is 0 Å². The number of urea groups is 1. The van der Waals surface area contributed by atoms with Crippen LogP contribution in [-0.2, 0) is 16.0 Å². The van der Waals surface area contributed by atoms with E-state index in [1.165, 1.54) is 20.2 Å². The van der Waals surface area contributed by atoms with Crippen molar-refractivity contribution in [2.45, 2.75) is 20.3 Å². The van der Waals surface area contributed by atoms with Gasteiger partial charge in [-0.25, -0.2) is 9.59 Å². The number of hydrogen-bond acceptors (Lipinski definition) is 6. The summed E-state index contributed by atoms with van der Waals surface area (Å²) < 4.78 is 4.72. The molecule has 0 aromatic carbocycles. The summed E-state index contributed by atoms with van der Waals surface area (Å²) in [5.74, 6) is -1.62. The molecule has 0 saturated heterocycles. The molecule has 1 rings (SSSR count). The first kappa shape index (κ1) is 15.3. The van der Waals surface area contributed by atoms with E-state index in [0.717, 1.165) is 0 Å². The molecule has 0 aliphatic carbocycles. The van der Waals surface area contributed by atoms with E-state index in [2.05, 4.69) is 15.5 Å². The number of nitrogens with one attached hydrogen (secondary N) is 2. The van der Waals surface area contributed by atoms with E-state index in [4.69, 9.17) is 9.63 Å². The van der Waals surface area contributed by atoms with Crippen molar-refractivity contribution in [1.29, 1.82) is 0 Å². The first-order valence-electron chi connectivity index (χ1n) is 5.67. The molecular formula is C11H14N4O5. The monoisotopic (exact) mass is 282 g/mol. The number of nitrogens with zero attached hydrogens (tertiary/aromatic N) is 2. The Labute approximate surface area is 114 Å². The molecule has 0 aliphatic rings. The number of aromatic nitrogens is 2. The number of hydrogen-bond donors (Lipinski definition) is 3. The van der Waals surface area contributed by atoms with Crippen molar-refractivity contribution in [2.24, 2.45) is 0 Å². The van der Waals surface area contributed by atoms with Crippen molar-refractivity contribution in [2.75, 3.05) is 6.54 Å². The van der Waals surface area contributed by atoms with Crippen LogP contribution < -0.4 is 10.6 Å². The molecule has 9 heteroatoms. The molecular weight excluding hydrogens is 268 g/mol. The van der Waals surface area contributed by atoms with E-state index in [1.807, 2.05) is 5.32 Å². The molecule has 0 fully saturated rings. The molecule has 1 heterocycles. The van der Waals surface area contributed by atoms with Gasteiger partial charge in [0.1, 0.15) is 0 Å². The number of carbonyl (C=O) groups excluding carboxylic acids is 2. The smallest absolute Gasteiger partial charge is 0.331 e. The normalized spacial score (nSPS) is 11.5. The average molecular weight is 282 g/mol. The molecule has 0 unspecified atom stereocenters. The highest BCUT2D eigenvalue weighted by Gasteiger charge is 2.15. The van der Waals surface area contributed by atoms with Crippen LogP contribution in [0.3, 0.4) is 0 Å². The highest BCUT2D eigenvalue weighted by atomic mass is 16.5. The fourth-order valence-electron chi connectivity index (χ4n) is 1.16. The summed E-state index contributed by atoms with van der Waals surface area (Å²) in [6, 6.07) is -0.730. The first-order chi connectivity index (χ1) is 9.41. The minimum absolute atomic E-state index is 0.0375. The molecule has 108 valence electrons. The van der Waals surface area contributed by atoms with E-state index in [0.29, 0.717) is 12.3 Å². The molecule has 1 aromatic rings. The van der Waals surface area contributed by atoms with Gasteiger partial charge in [0.25, 0.3) is 5.91 Å². The van der Waals surface area contributed by atoms with Crippen LogP contribution in [0.15, 0.2) is 22.0 Å². The second-order valence-corrected chi connectivity index (χ2v) is 3.85. The van der Waals surface area contributed by atoms with Crippen molar-refractivity contribution in [1.82, 2.24) is 20.8 Å². The third kappa shape index (κ3) is 4.52. The summed E-state index contributed by atoms with van der Waals surface area (Å²) in [6.45, 7) is 2.80. The van der Waals surface area contributed by atoms with Gasteiger partial charge < -0.3 is 14.9 Å². The molecule has 0 aliphatic heterocycles. The highest BCUT2D eigenvalue weighted by molar-refractivity contribution is 6.07. The van der Waals surface area contributed by atoms with Gasteiger partial charge in [0.15, 0.2) is 6.33 Å². The lowest BCUT2D eigenvalue weighted by Crippen LogP contribution is -2.41. The molecule has 0 saturated carbocycles. The molecule has 3 N–H and O–H groups in total. The average Bonchev–Trinajstić information content (AvgIpc) is 2.89. The van der Waals surface area contributed by atoms with Crippen molar-refractivity contribution in [3.05, 3.63) is 23.4 Å². The van der Waals surface area contributed by atoms with Gasteiger partial charge in [0.2, 0.25) is 5.89 Å². The van der Waals surface area contributed by atoms with Crippen molar-refractivity contribution < 1.29 is 24.0 Å². The zero-order valence-corrected chi connectivity index (χ0v) is 11.0. The Morgan fingerprint density at radius 2 is 2.00 bits per heavy atom. The Kier molecular flexibility index (Phi) is 5.39. The molecule has 9 nitrogen and oxygen atoms in total. The number of carboxylic acid groups (broad SMARTS) is 1. The zero-order chi connectivity index (χ0) is 15.1. The Morgan fingerprint density at radius 3 is 2.55 bits per heavy atom. The molecule has 0 spiro atoms. The number of rotatable bonds is 5. The SMILES string of the molecule is CC(C(=O)O)=C(C)C(=O)NC(=O)NCCc1ncno1. The van der Waals surface area contributed by atoms with E-state index in [-0.39, 0.29) is 17.7 Å². The van der Waals surface area contributed by atoms with Crippen LogP contribution in [-0.4, -0.2) is 39.7 Å². The van der Waals surface area contributed by atoms with Crippen LogP contribution in [0, 0.1) is 0 Å². The van der Waals surface area contributed by atoms with Gasteiger partial charge in [0.05, 0.1) is 0 Å². The minimum Gasteiger partial charge on any atom is -0.478 e. The van der Waals surface area contributed by atoms with Crippen LogP contribution >= 0.6 is 0 Å². The predicted octanol–water partition coefficient (Wildman–Crippen LogP) is -0.141. The van der Waals surface area contributed by atoms with Crippen molar-refractivity contribution in [3.63, 3.8) is 0 Å². The van der Waals surface area contributed by atoms with Gasteiger partial charge in [0, 0.05) is 24.1 Å². The summed E-state index contributed by atoms with van der Waals surface area (Å²) in [5.41, 5.74) is -0.161. The quantitative estimate of drug-likeness (QED) is 0.639. The summed E-state index contributed by atoms with van der Waals surface area (Å²) >= 11 is 0. The van der Waals surface area contributed by atoms with Crippen molar-refractivity contribution >= 4 is 17.9 Å². The maximum absolute atomic E-state index is 11.6. The Hall–Kier alpha value is -2.71. The lowest BCUT2D eigenvalue weighted by Gasteiger charge is -2.07. The molecule has 0 radical (unpaired) electrons. The van der Waals surface area contributed by atoms with Gasteiger partial charge in [-0.05, 0) is 13.8 Å². The topological polar surface area (TPSA) is 134 Å². The fourth-order valence-corrected chi connectivity index (χ4v) is 1.16. The third-order valence-electron chi connectivity index (χ3n) is 2.48. The lowest BCUT2D eigenvalue weighted by molar-refractivity contribution is -0.133. The van der Waals surface area contributed by atoms with Crippen LogP contribution in [0.4, 0.5) is 4.79 Å². The third-order valence-corrected chi connectivity index (χ3v) is 2.48. The molecule has 1 aromatic heterocycles. The zero-order valence-electron chi connectivity index (χ0n) is 11.0. The number of imide groups is 1. The molecule has 0 bridgehead atoms. The van der Waals surface area contributed by atoms with Crippen LogP contribution in [0.1, 0.15) is 19.7 Å². The van der Waals surface area contributed by atoms with Gasteiger partial charge in [-0.15, -0.1) is 0 Å². The van der Waals surface area contributed by atoms with Gasteiger partial charge >= 0.3 is 12.0 Å². The van der Waals surface area contributed by atoms with E-state index < -0.39 is 17.9 Å². The van der Waals surface area contributed by atoms with E-state index in [9.17, 15) is 14.4 Å². The summed E-state index contributed by atoms with van der Waals surface area (Å²) in [7, 11) is 0. The lowest BCUT2D eigenvalue weighted by atomic mass is 10.1. The van der Waals surface area contributed by atoms with Crippen LogP contribution in [0.2, 0.25) is 0 Å². The minimum atomic E-state index is -1.21. The standard InChI is InChI=1S/C11H14N4O5/c1-6(7(2)10(17)18)9(16)15-11(19)12-4-3-8-13-5-14-20-8/h5H,3-4H2,1-2H3,(H,17,18)(H2,12,15,16,19). The van der Waals surface area contributed by atoms with Gasteiger partial charge in [-0.3, -0.25) is 10.1 Å². The molecule has 3 amide bonds.